The highest BCUT2D eigenvalue weighted by molar-refractivity contribution is 9.10. The average molecular weight is 378 g/mol. The zero-order valence-corrected chi connectivity index (χ0v) is 16.7. The Morgan fingerprint density at radius 3 is 2.35 bits per heavy atom. The quantitative estimate of drug-likeness (QED) is 0.742. The molecule has 2 saturated carbocycles. The fourth-order valence-corrected chi connectivity index (χ4v) is 5.43. The average Bonchev–Trinajstić information content (AvgIpc) is 2.82. The molecule has 0 saturated heterocycles. The Bertz CT molecular complexity index is 679. The molecule has 2 bridgehead atoms. The Morgan fingerprint density at radius 1 is 1.17 bits per heavy atom. The molecular formula is C20H28BrNO. The van der Waals surface area contributed by atoms with Gasteiger partial charge in [0, 0.05) is 16.1 Å². The highest BCUT2D eigenvalue weighted by Crippen LogP contribution is 2.65. The van der Waals surface area contributed by atoms with Crippen molar-refractivity contribution in [2.24, 2.45) is 16.7 Å². The lowest BCUT2D eigenvalue weighted by atomic mass is 9.69. The van der Waals surface area contributed by atoms with Gasteiger partial charge in [-0.25, -0.2) is 0 Å². The Hall–Kier alpha value is -0.830. The van der Waals surface area contributed by atoms with Gasteiger partial charge in [-0.2, -0.15) is 0 Å². The molecule has 2 nitrogen and oxygen atoms in total. The second kappa shape index (κ2) is 5.34. The van der Waals surface area contributed by atoms with Gasteiger partial charge in [-0.3, -0.25) is 4.79 Å². The van der Waals surface area contributed by atoms with Crippen molar-refractivity contribution in [3.8, 4) is 0 Å². The molecule has 0 radical (unpaired) electrons. The summed E-state index contributed by atoms with van der Waals surface area (Å²) in [5.41, 5.74) is 4.86. The molecule has 23 heavy (non-hydrogen) atoms. The van der Waals surface area contributed by atoms with Crippen LogP contribution in [0.15, 0.2) is 10.5 Å². The van der Waals surface area contributed by atoms with Gasteiger partial charge in [0.05, 0.1) is 0 Å². The lowest BCUT2D eigenvalue weighted by Gasteiger charge is -2.39. The van der Waals surface area contributed by atoms with Gasteiger partial charge in [0.2, 0.25) is 0 Å². The summed E-state index contributed by atoms with van der Waals surface area (Å²) in [6, 6.07) is 2.27. The summed E-state index contributed by atoms with van der Waals surface area (Å²) >= 11 is 3.59. The third-order valence-electron chi connectivity index (χ3n) is 7.50. The first-order valence-corrected chi connectivity index (χ1v) is 9.46. The normalized spacial score (nSPS) is 31.4. The molecule has 3 rings (SSSR count). The van der Waals surface area contributed by atoms with Gasteiger partial charge >= 0.3 is 0 Å². The maximum atomic E-state index is 12.9. The first-order chi connectivity index (χ1) is 10.6. The Kier molecular flexibility index (Phi) is 3.95. The first kappa shape index (κ1) is 17.0. The van der Waals surface area contributed by atoms with E-state index in [1.165, 1.54) is 24.0 Å². The van der Waals surface area contributed by atoms with Crippen LogP contribution in [0.3, 0.4) is 0 Å². The van der Waals surface area contributed by atoms with Crippen LogP contribution in [0.1, 0.15) is 67.1 Å². The second-order valence-electron chi connectivity index (χ2n) is 8.42. The van der Waals surface area contributed by atoms with E-state index in [2.05, 4.69) is 62.8 Å². The lowest BCUT2D eigenvalue weighted by Crippen LogP contribution is -2.47. The molecule has 3 atom stereocenters. The fraction of sp³-hybridized carbons (Fsp3) is 0.650. The van der Waals surface area contributed by atoms with Crippen LogP contribution in [0.4, 0.5) is 0 Å². The second-order valence-corrected chi connectivity index (χ2v) is 9.27. The number of fused-ring (bicyclic) bond motifs is 2. The molecule has 126 valence electrons. The number of hydrogen-bond donors (Lipinski definition) is 1. The Morgan fingerprint density at radius 2 is 1.83 bits per heavy atom. The number of amides is 1. The molecule has 3 heteroatoms. The van der Waals surface area contributed by atoms with E-state index in [0.717, 1.165) is 27.9 Å². The summed E-state index contributed by atoms with van der Waals surface area (Å²) in [4.78, 5) is 12.9. The van der Waals surface area contributed by atoms with E-state index in [9.17, 15) is 4.79 Å². The van der Waals surface area contributed by atoms with E-state index in [0.29, 0.717) is 11.5 Å². The van der Waals surface area contributed by atoms with Gasteiger partial charge in [-0.15, -0.1) is 0 Å². The number of nitrogens with one attached hydrogen (secondary N) is 1. The maximum Gasteiger partial charge on any atom is 0.251 e. The van der Waals surface area contributed by atoms with Crippen molar-refractivity contribution >= 4 is 21.8 Å². The van der Waals surface area contributed by atoms with Crippen LogP contribution in [-0.4, -0.2) is 11.9 Å². The van der Waals surface area contributed by atoms with Gasteiger partial charge in [-0.1, -0.05) is 36.7 Å². The summed E-state index contributed by atoms with van der Waals surface area (Å²) in [6.45, 7) is 13.4. The summed E-state index contributed by atoms with van der Waals surface area (Å²) in [6.07, 6.45) is 3.66. The number of benzene rings is 1. The van der Waals surface area contributed by atoms with Crippen molar-refractivity contribution < 1.29 is 4.79 Å². The van der Waals surface area contributed by atoms with Crippen LogP contribution >= 0.6 is 15.9 Å². The third-order valence-corrected chi connectivity index (χ3v) is 8.33. The predicted molar refractivity (Wildman–Crippen MR) is 98.8 cm³/mol. The van der Waals surface area contributed by atoms with Crippen LogP contribution in [0.25, 0.3) is 0 Å². The van der Waals surface area contributed by atoms with Crippen LogP contribution in [0.5, 0.6) is 0 Å². The highest BCUT2D eigenvalue weighted by atomic mass is 79.9. The van der Waals surface area contributed by atoms with Gasteiger partial charge in [0.25, 0.3) is 5.91 Å². The van der Waals surface area contributed by atoms with Crippen LogP contribution in [-0.2, 0) is 0 Å². The van der Waals surface area contributed by atoms with Crippen molar-refractivity contribution in [1.82, 2.24) is 5.32 Å². The number of carbonyl (C=O) groups is 1. The predicted octanol–water partition coefficient (Wildman–Crippen LogP) is 5.32. The molecule has 0 aromatic heterocycles. The zero-order valence-electron chi connectivity index (χ0n) is 15.1. The SMILES string of the molecule is Cc1c(Br)cc(C(=O)N[C@@H]2C[C@@H]3CC[C@@]2(C)C3(C)C)c(C)c1C. The van der Waals surface area contributed by atoms with E-state index in [1.54, 1.807) is 0 Å². The lowest BCUT2D eigenvalue weighted by molar-refractivity contribution is 0.0825. The van der Waals surface area contributed by atoms with Crippen molar-refractivity contribution in [3.05, 3.63) is 32.8 Å². The summed E-state index contributed by atoms with van der Waals surface area (Å²) < 4.78 is 1.02. The Balaban J connectivity index is 1.87. The number of rotatable bonds is 2. The molecule has 2 aliphatic carbocycles. The van der Waals surface area contributed by atoms with Crippen LogP contribution in [0, 0.1) is 37.5 Å². The standard InChI is InChI=1S/C20H28BrNO/c1-11-12(2)15(10-16(21)13(11)3)18(23)22-17-9-14-7-8-20(17,6)19(14,4)5/h10,14,17H,7-9H2,1-6H3,(H,22,23)/t14-,17+,20+/m0/s1. The van der Waals surface area contributed by atoms with Crippen LogP contribution < -0.4 is 5.32 Å². The van der Waals surface area contributed by atoms with Gasteiger partial charge in [0.1, 0.15) is 0 Å². The molecular weight excluding hydrogens is 350 g/mol. The molecule has 2 aliphatic rings. The van der Waals surface area contributed by atoms with Crippen molar-refractivity contribution in [3.63, 3.8) is 0 Å². The van der Waals surface area contributed by atoms with Crippen LogP contribution in [0.2, 0.25) is 0 Å². The van der Waals surface area contributed by atoms with E-state index >= 15 is 0 Å². The molecule has 1 aromatic carbocycles. The van der Waals surface area contributed by atoms with E-state index in [-0.39, 0.29) is 11.3 Å². The summed E-state index contributed by atoms with van der Waals surface area (Å²) in [5, 5.41) is 3.38. The smallest absolute Gasteiger partial charge is 0.251 e. The number of halogens is 1. The molecule has 1 N–H and O–H groups in total. The fourth-order valence-electron chi connectivity index (χ4n) is 4.90. The highest BCUT2D eigenvalue weighted by Gasteiger charge is 2.61. The van der Waals surface area contributed by atoms with Crippen molar-refractivity contribution in [1.29, 1.82) is 0 Å². The van der Waals surface area contributed by atoms with Crippen molar-refractivity contribution in [2.45, 2.75) is 66.8 Å². The van der Waals surface area contributed by atoms with Gasteiger partial charge < -0.3 is 5.32 Å². The van der Waals surface area contributed by atoms with E-state index in [4.69, 9.17) is 0 Å². The molecule has 1 aromatic rings. The zero-order chi connectivity index (χ0) is 17.2. The molecule has 0 spiro atoms. The van der Waals surface area contributed by atoms with E-state index in [1.807, 2.05) is 6.07 Å². The third kappa shape index (κ3) is 2.30. The largest absolute Gasteiger partial charge is 0.349 e. The first-order valence-electron chi connectivity index (χ1n) is 8.66. The summed E-state index contributed by atoms with van der Waals surface area (Å²) in [5.74, 6) is 0.825. The topological polar surface area (TPSA) is 29.1 Å². The van der Waals surface area contributed by atoms with Crippen molar-refractivity contribution in [2.75, 3.05) is 0 Å². The number of hydrogen-bond acceptors (Lipinski definition) is 1. The monoisotopic (exact) mass is 377 g/mol. The minimum absolute atomic E-state index is 0.0841. The summed E-state index contributed by atoms with van der Waals surface area (Å²) in [7, 11) is 0. The molecule has 0 unspecified atom stereocenters. The molecule has 2 fully saturated rings. The maximum absolute atomic E-state index is 12.9. The minimum Gasteiger partial charge on any atom is -0.349 e. The van der Waals surface area contributed by atoms with Gasteiger partial charge in [0.15, 0.2) is 0 Å². The molecule has 0 aliphatic heterocycles. The number of carbonyl (C=O) groups excluding carboxylic acids is 1. The molecule has 0 heterocycles. The van der Waals surface area contributed by atoms with E-state index < -0.39 is 0 Å². The Labute approximate surface area is 148 Å². The molecule has 1 amide bonds. The van der Waals surface area contributed by atoms with Gasteiger partial charge in [-0.05, 0) is 79.5 Å². The minimum atomic E-state index is 0.0841.